The summed E-state index contributed by atoms with van der Waals surface area (Å²) in [5, 5.41) is 4.02. The molecule has 8 heteroatoms. The Morgan fingerprint density at radius 1 is 1.14 bits per heavy atom. The molecule has 1 atom stereocenters. The summed E-state index contributed by atoms with van der Waals surface area (Å²) in [7, 11) is -3.48. The van der Waals surface area contributed by atoms with E-state index in [9.17, 15) is 8.42 Å². The monoisotopic (exact) mass is 413 g/mol. The van der Waals surface area contributed by atoms with Crippen LogP contribution in [0.4, 0.5) is 0 Å². The third-order valence-electron chi connectivity index (χ3n) is 4.92. The molecule has 0 saturated carbocycles. The lowest BCUT2D eigenvalue weighted by atomic mass is 10.2. The average molecular weight is 413 g/mol. The SMILES string of the molecule is Cc1ccc(OCc2nc(C3CCCN3S(=O)(=O)Cc3ccccc3)no2)cc1. The largest absolute Gasteiger partial charge is 0.484 e. The van der Waals surface area contributed by atoms with Crippen LogP contribution in [0.3, 0.4) is 0 Å². The number of aromatic nitrogens is 2. The Morgan fingerprint density at radius 2 is 1.90 bits per heavy atom. The van der Waals surface area contributed by atoms with Gasteiger partial charge in [-0.15, -0.1) is 0 Å². The van der Waals surface area contributed by atoms with Gasteiger partial charge in [-0.3, -0.25) is 0 Å². The zero-order valence-electron chi connectivity index (χ0n) is 16.2. The van der Waals surface area contributed by atoms with Crippen LogP contribution < -0.4 is 4.74 Å². The van der Waals surface area contributed by atoms with E-state index in [1.54, 1.807) is 0 Å². The van der Waals surface area contributed by atoms with Crippen LogP contribution in [0.1, 0.15) is 41.7 Å². The van der Waals surface area contributed by atoms with E-state index in [1.807, 2.05) is 61.5 Å². The van der Waals surface area contributed by atoms with Crippen molar-refractivity contribution in [2.75, 3.05) is 6.54 Å². The summed E-state index contributed by atoms with van der Waals surface area (Å²) in [6.45, 7) is 2.61. The van der Waals surface area contributed by atoms with Gasteiger partial charge in [-0.25, -0.2) is 8.42 Å². The van der Waals surface area contributed by atoms with Crippen LogP contribution in [0.25, 0.3) is 0 Å². The van der Waals surface area contributed by atoms with Crippen molar-refractivity contribution in [3.05, 3.63) is 77.4 Å². The lowest BCUT2D eigenvalue weighted by Crippen LogP contribution is -2.32. The Balaban J connectivity index is 1.44. The second-order valence-corrected chi connectivity index (χ2v) is 9.08. The lowest BCUT2D eigenvalue weighted by molar-refractivity contribution is 0.241. The molecule has 1 aliphatic rings. The molecule has 1 aromatic heterocycles. The van der Waals surface area contributed by atoms with Crippen molar-refractivity contribution in [2.45, 2.75) is 38.2 Å². The van der Waals surface area contributed by atoms with Crippen LogP contribution in [0.15, 0.2) is 59.1 Å². The molecule has 2 heterocycles. The minimum Gasteiger partial charge on any atom is -0.484 e. The van der Waals surface area contributed by atoms with Gasteiger partial charge in [0.25, 0.3) is 5.89 Å². The van der Waals surface area contributed by atoms with E-state index >= 15 is 0 Å². The number of ether oxygens (including phenoxy) is 1. The molecule has 1 saturated heterocycles. The van der Waals surface area contributed by atoms with Crippen molar-refractivity contribution < 1.29 is 17.7 Å². The molecular formula is C21H23N3O4S. The van der Waals surface area contributed by atoms with Gasteiger partial charge >= 0.3 is 0 Å². The molecule has 0 N–H and O–H groups in total. The summed E-state index contributed by atoms with van der Waals surface area (Å²) in [4.78, 5) is 4.39. The first-order valence-corrected chi connectivity index (χ1v) is 11.2. The standard InChI is InChI=1S/C21H23N3O4S/c1-16-9-11-18(12-10-16)27-14-20-22-21(23-28-20)19-8-5-13-24(19)29(25,26)15-17-6-3-2-4-7-17/h2-4,6-7,9-12,19H,5,8,13-15H2,1H3. The van der Waals surface area contributed by atoms with Crippen LogP contribution in [0.2, 0.25) is 0 Å². The van der Waals surface area contributed by atoms with Crippen LogP contribution in [0.5, 0.6) is 5.75 Å². The highest BCUT2D eigenvalue weighted by Crippen LogP contribution is 2.33. The third-order valence-corrected chi connectivity index (χ3v) is 6.77. The number of hydrogen-bond donors (Lipinski definition) is 0. The van der Waals surface area contributed by atoms with Crippen LogP contribution in [-0.4, -0.2) is 29.4 Å². The van der Waals surface area contributed by atoms with Gasteiger partial charge in [0.15, 0.2) is 12.4 Å². The number of nitrogens with zero attached hydrogens (tertiary/aromatic N) is 3. The molecule has 4 rings (SSSR count). The number of benzene rings is 2. The molecule has 1 fully saturated rings. The van der Waals surface area contributed by atoms with Gasteiger partial charge in [-0.2, -0.15) is 9.29 Å². The first-order valence-electron chi connectivity index (χ1n) is 9.57. The highest BCUT2D eigenvalue weighted by Gasteiger charge is 2.37. The summed E-state index contributed by atoms with van der Waals surface area (Å²) >= 11 is 0. The molecule has 7 nitrogen and oxygen atoms in total. The molecule has 0 aliphatic carbocycles. The van der Waals surface area contributed by atoms with E-state index in [1.165, 1.54) is 4.31 Å². The predicted octanol–water partition coefficient (Wildman–Crippen LogP) is 3.62. The van der Waals surface area contributed by atoms with Crippen molar-refractivity contribution in [2.24, 2.45) is 0 Å². The summed E-state index contributed by atoms with van der Waals surface area (Å²) in [6, 6.07) is 16.5. The van der Waals surface area contributed by atoms with Gasteiger partial charge in [0.05, 0.1) is 11.8 Å². The maximum absolute atomic E-state index is 12.9. The van der Waals surface area contributed by atoms with Gasteiger partial charge in [0, 0.05) is 6.54 Å². The topological polar surface area (TPSA) is 85.5 Å². The summed E-state index contributed by atoms with van der Waals surface area (Å²) in [6.07, 6.45) is 1.44. The fourth-order valence-corrected chi connectivity index (χ4v) is 5.21. The van der Waals surface area contributed by atoms with Crippen LogP contribution in [-0.2, 0) is 22.4 Å². The fraction of sp³-hybridized carbons (Fsp3) is 0.333. The fourth-order valence-electron chi connectivity index (χ4n) is 3.44. The zero-order chi connectivity index (χ0) is 20.3. The molecule has 3 aromatic rings. The van der Waals surface area contributed by atoms with E-state index in [4.69, 9.17) is 9.26 Å². The molecule has 1 unspecified atom stereocenters. The lowest BCUT2D eigenvalue weighted by Gasteiger charge is -2.21. The number of rotatable bonds is 7. The highest BCUT2D eigenvalue weighted by molar-refractivity contribution is 7.88. The third kappa shape index (κ3) is 4.65. The first-order chi connectivity index (χ1) is 14.0. The Labute approximate surface area is 170 Å². The van der Waals surface area contributed by atoms with E-state index in [0.29, 0.717) is 30.4 Å². The summed E-state index contributed by atoms with van der Waals surface area (Å²) in [5.74, 6) is 1.39. The van der Waals surface area contributed by atoms with Gasteiger partial charge in [0.2, 0.25) is 10.0 Å². The molecule has 0 bridgehead atoms. The first kappa shape index (κ1) is 19.6. The Bertz CT molecular complexity index is 1050. The Hall–Kier alpha value is -2.71. The molecule has 1 aliphatic heterocycles. The van der Waals surface area contributed by atoms with Crippen LogP contribution in [0, 0.1) is 6.92 Å². The number of aryl methyl sites for hydroxylation is 1. The summed E-state index contributed by atoms with van der Waals surface area (Å²) < 4.78 is 38.3. The average Bonchev–Trinajstić information content (AvgIpc) is 3.38. The van der Waals surface area contributed by atoms with Gasteiger partial charge in [0.1, 0.15) is 5.75 Å². The minimum absolute atomic E-state index is 0.0361. The summed E-state index contributed by atoms with van der Waals surface area (Å²) in [5.41, 5.74) is 1.91. The van der Waals surface area contributed by atoms with Crippen molar-refractivity contribution >= 4 is 10.0 Å². The van der Waals surface area contributed by atoms with Crippen molar-refractivity contribution in [3.8, 4) is 5.75 Å². The molecular weight excluding hydrogens is 390 g/mol. The molecule has 2 aromatic carbocycles. The van der Waals surface area contributed by atoms with Crippen molar-refractivity contribution in [3.63, 3.8) is 0 Å². The maximum atomic E-state index is 12.9. The van der Waals surface area contributed by atoms with Crippen molar-refractivity contribution in [1.29, 1.82) is 0 Å². The van der Waals surface area contributed by atoms with Gasteiger partial charge in [-0.05, 0) is 37.5 Å². The van der Waals surface area contributed by atoms with Gasteiger partial charge < -0.3 is 9.26 Å². The highest BCUT2D eigenvalue weighted by atomic mass is 32.2. The van der Waals surface area contributed by atoms with Crippen molar-refractivity contribution in [1.82, 2.24) is 14.4 Å². The van der Waals surface area contributed by atoms with E-state index in [-0.39, 0.29) is 12.4 Å². The molecule has 0 radical (unpaired) electrons. The second kappa shape index (κ2) is 8.34. The smallest absolute Gasteiger partial charge is 0.264 e. The van der Waals surface area contributed by atoms with Gasteiger partial charge in [-0.1, -0.05) is 53.2 Å². The number of hydrogen-bond acceptors (Lipinski definition) is 6. The Morgan fingerprint density at radius 3 is 2.66 bits per heavy atom. The minimum atomic E-state index is -3.48. The molecule has 29 heavy (non-hydrogen) atoms. The molecule has 152 valence electrons. The van der Waals surface area contributed by atoms with E-state index in [0.717, 1.165) is 17.5 Å². The molecule has 0 spiro atoms. The van der Waals surface area contributed by atoms with Crippen LogP contribution >= 0.6 is 0 Å². The zero-order valence-corrected chi connectivity index (χ0v) is 17.0. The number of sulfonamides is 1. The van der Waals surface area contributed by atoms with E-state index < -0.39 is 16.1 Å². The Kier molecular flexibility index (Phi) is 5.64. The normalized spacial score (nSPS) is 17.5. The second-order valence-electron chi connectivity index (χ2n) is 7.16. The van der Waals surface area contributed by atoms with E-state index in [2.05, 4.69) is 10.1 Å². The maximum Gasteiger partial charge on any atom is 0.264 e. The predicted molar refractivity (Wildman–Crippen MR) is 108 cm³/mol. The quantitative estimate of drug-likeness (QED) is 0.588. The molecule has 0 amide bonds.